The Morgan fingerprint density at radius 1 is 1.23 bits per heavy atom. The number of rotatable bonds is 4. The summed E-state index contributed by atoms with van der Waals surface area (Å²) in [7, 11) is 0. The van der Waals surface area contributed by atoms with Gasteiger partial charge in [0.05, 0.1) is 5.56 Å². The van der Waals surface area contributed by atoms with Crippen molar-refractivity contribution < 1.29 is 14.3 Å². The normalized spacial score (nSPS) is 23.9. The van der Waals surface area contributed by atoms with Crippen LogP contribution in [-0.2, 0) is 4.79 Å². The highest BCUT2D eigenvalue weighted by Gasteiger charge is 2.32. The number of primary amides is 1. The molecule has 2 unspecified atom stereocenters. The van der Waals surface area contributed by atoms with Gasteiger partial charge in [0.2, 0.25) is 0 Å². The van der Waals surface area contributed by atoms with Crippen molar-refractivity contribution in [2.75, 3.05) is 19.7 Å². The molecular weight excluding hydrogens is 282 g/mol. The summed E-state index contributed by atoms with van der Waals surface area (Å²) < 4.78 is 5.37. The second-order valence-electron chi connectivity index (χ2n) is 5.93. The predicted octanol–water partition coefficient (Wildman–Crippen LogP) is 0.517. The van der Waals surface area contributed by atoms with Crippen LogP contribution in [0.4, 0.5) is 0 Å². The molecule has 22 heavy (non-hydrogen) atoms. The fourth-order valence-corrected chi connectivity index (χ4v) is 3.22. The van der Waals surface area contributed by atoms with Gasteiger partial charge in [-0.05, 0) is 31.4 Å². The fourth-order valence-electron chi connectivity index (χ4n) is 3.22. The number of amides is 2. The standard InChI is InChI=1S/C16H21N3O3/c17-15(20)10-22-14-4-2-1-3-13(14)16(21)19-8-7-11-5-6-12(9-19)18-11/h1-4,11-12,18H,5-10H2,(H2,17,20). The van der Waals surface area contributed by atoms with Crippen LogP contribution < -0.4 is 15.8 Å². The lowest BCUT2D eigenvalue weighted by molar-refractivity contribution is -0.119. The maximum Gasteiger partial charge on any atom is 0.257 e. The Kier molecular flexibility index (Phi) is 4.29. The van der Waals surface area contributed by atoms with Crippen molar-refractivity contribution >= 4 is 11.8 Å². The Morgan fingerprint density at radius 3 is 2.82 bits per heavy atom. The highest BCUT2D eigenvalue weighted by molar-refractivity contribution is 5.97. The average molecular weight is 303 g/mol. The quantitative estimate of drug-likeness (QED) is 0.849. The monoisotopic (exact) mass is 303 g/mol. The Balaban J connectivity index is 1.75. The van der Waals surface area contributed by atoms with Gasteiger partial charge in [0.1, 0.15) is 5.75 Å². The summed E-state index contributed by atoms with van der Waals surface area (Å²) >= 11 is 0. The molecule has 2 aliphatic rings. The van der Waals surface area contributed by atoms with Gasteiger partial charge in [-0.2, -0.15) is 0 Å². The minimum absolute atomic E-state index is 0.0468. The molecule has 2 aliphatic heterocycles. The number of nitrogens with one attached hydrogen (secondary N) is 1. The Bertz CT molecular complexity index is 576. The topological polar surface area (TPSA) is 84.7 Å². The lowest BCUT2D eigenvalue weighted by Crippen LogP contribution is -2.39. The van der Waals surface area contributed by atoms with Crippen molar-refractivity contribution in [2.45, 2.75) is 31.3 Å². The number of benzene rings is 1. The van der Waals surface area contributed by atoms with E-state index in [4.69, 9.17) is 10.5 Å². The van der Waals surface area contributed by atoms with E-state index < -0.39 is 5.91 Å². The molecule has 2 amide bonds. The van der Waals surface area contributed by atoms with Crippen LogP contribution in [-0.4, -0.2) is 48.5 Å². The summed E-state index contributed by atoms with van der Waals surface area (Å²) in [5.74, 6) is -0.193. The van der Waals surface area contributed by atoms with Gasteiger partial charge in [-0.25, -0.2) is 0 Å². The van der Waals surface area contributed by atoms with Gasteiger partial charge in [0.25, 0.3) is 11.8 Å². The second-order valence-corrected chi connectivity index (χ2v) is 5.93. The van der Waals surface area contributed by atoms with Crippen molar-refractivity contribution in [3.8, 4) is 5.75 Å². The molecule has 0 aliphatic carbocycles. The third-order valence-corrected chi connectivity index (χ3v) is 4.30. The third kappa shape index (κ3) is 3.22. The lowest BCUT2D eigenvalue weighted by Gasteiger charge is -2.25. The molecule has 2 bridgehead atoms. The van der Waals surface area contributed by atoms with Crippen LogP contribution in [0.1, 0.15) is 29.6 Å². The van der Waals surface area contributed by atoms with Gasteiger partial charge in [-0.1, -0.05) is 12.1 Å². The molecule has 2 heterocycles. The highest BCUT2D eigenvalue weighted by atomic mass is 16.5. The minimum atomic E-state index is -0.557. The molecule has 0 aromatic heterocycles. The summed E-state index contributed by atoms with van der Waals surface area (Å²) in [6.07, 6.45) is 3.30. The zero-order valence-corrected chi connectivity index (χ0v) is 12.5. The van der Waals surface area contributed by atoms with Gasteiger partial charge in [0.15, 0.2) is 6.61 Å². The van der Waals surface area contributed by atoms with Crippen LogP contribution >= 0.6 is 0 Å². The van der Waals surface area contributed by atoms with E-state index in [-0.39, 0.29) is 12.5 Å². The number of para-hydroxylation sites is 1. The van der Waals surface area contributed by atoms with Crippen LogP contribution in [0.3, 0.4) is 0 Å². The van der Waals surface area contributed by atoms with E-state index in [0.717, 1.165) is 25.9 Å². The number of carbonyl (C=O) groups excluding carboxylic acids is 2. The molecule has 0 spiro atoms. The number of fused-ring (bicyclic) bond motifs is 2. The number of hydrogen-bond donors (Lipinski definition) is 2. The number of likely N-dealkylation sites (tertiary alicyclic amines) is 1. The zero-order valence-electron chi connectivity index (χ0n) is 12.5. The molecule has 1 aromatic carbocycles. The van der Waals surface area contributed by atoms with Crippen LogP contribution in [0, 0.1) is 0 Å². The van der Waals surface area contributed by atoms with Gasteiger partial charge in [-0.3, -0.25) is 9.59 Å². The predicted molar refractivity (Wildman–Crippen MR) is 81.6 cm³/mol. The van der Waals surface area contributed by atoms with E-state index in [1.54, 1.807) is 24.3 Å². The van der Waals surface area contributed by atoms with Crippen molar-refractivity contribution in [3.05, 3.63) is 29.8 Å². The first-order valence-electron chi connectivity index (χ1n) is 7.69. The number of nitrogens with two attached hydrogens (primary N) is 1. The largest absolute Gasteiger partial charge is 0.483 e. The first kappa shape index (κ1) is 14.8. The Hall–Kier alpha value is -2.08. The molecule has 2 atom stereocenters. The number of nitrogens with zero attached hydrogens (tertiary/aromatic N) is 1. The van der Waals surface area contributed by atoms with Crippen LogP contribution in [0.15, 0.2) is 24.3 Å². The van der Waals surface area contributed by atoms with Crippen molar-refractivity contribution in [1.82, 2.24) is 10.2 Å². The van der Waals surface area contributed by atoms with Crippen LogP contribution in [0.5, 0.6) is 5.75 Å². The SMILES string of the molecule is NC(=O)COc1ccccc1C(=O)N1CCC2CCC(C1)N2. The molecular formula is C16H21N3O3. The van der Waals surface area contributed by atoms with Gasteiger partial charge < -0.3 is 20.7 Å². The molecule has 3 rings (SSSR count). The molecule has 0 radical (unpaired) electrons. The smallest absolute Gasteiger partial charge is 0.257 e. The summed E-state index contributed by atoms with van der Waals surface area (Å²) in [5.41, 5.74) is 5.59. The number of hydrogen-bond acceptors (Lipinski definition) is 4. The van der Waals surface area contributed by atoms with Gasteiger partial charge in [-0.15, -0.1) is 0 Å². The summed E-state index contributed by atoms with van der Waals surface area (Å²) in [6.45, 7) is 1.24. The van der Waals surface area contributed by atoms with Gasteiger partial charge >= 0.3 is 0 Å². The molecule has 1 aromatic rings. The van der Waals surface area contributed by atoms with E-state index in [1.165, 1.54) is 6.42 Å². The molecule has 2 fully saturated rings. The maximum absolute atomic E-state index is 12.8. The van der Waals surface area contributed by atoms with Crippen molar-refractivity contribution in [2.24, 2.45) is 5.73 Å². The van der Waals surface area contributed by atoms with Gasteiger partial charge in [0, 0.05) is 25.2 Å². The second kappa shape index (κ2) is 6.36. The highest BCUT2D eigenvalue weighted by Crippen LogP contribution is 2.24. The van der Waals surface area contributed by atoms with Crippen molar-refractivity contribution in [1.29, 1.82) is 0 Å². The Morgan fingerprint density at radius 2 is 2.00 bits per heavy atom. The zero-order chi connectivity index (χ0) is 15.5. The van der Waals surface area contributed by atoms with E-state index in [9.17, 15) is 9.59 Å². The van der Waals surface area contributed by atoms with E-state index in [2.05, 4.69) is 5.32 Å². The molecule has 6 heteroatoms. The summed E-state index contributed by atoms with van der Waals surface area (Å²) in [4.78, 5) is 25.6. The molecule has 2 saturated heterocycles. The van der Waals surface area contributed by atoms with E-state index in [1.807, 2.05) is 4.90 Å². The average Bonchev–Trinajstić information content (AvgIpc) is 2.84. The van der Waals surface area contributed by atoms with Crippen molar-refractivity contribution in [3.63, 3.8) is 0 Å². The molecule has 6 nitrogen and oxygen atoms in total. The molecule has 118 valence electrons. The number of carbonyl (C=O) groups is 2. The first-order valence-corrected chi connectivity index (χ1v) is 7.69. The summed E-state index contributed by atoms with van der Waals surface area (Å²) in [6, 6.07) is 7.92. The number of ether oxygens (including phenoxy) is 1. The lowest BCUT2D eigenvalue weighted by atomic mass is 10.1. The van der Waals surface area contributed by atoms with Crippen LogP contribution in [0.2, 0.25) is 0 Å². The minimum Gasteiger partial charge on any atom is -0.483 e. The third-order valence-electron chi connectivity index (χ3n) is 4.30. The van der Waals surface area contributed by atoms with E-state index in [0.29, 0.717) is 23.4 Å². The molecule has 3 N–H and O–H groups in total. The fraction of sp³-hybridized carbons (Fsp3) is 0.500. The maximum atomic E-state index is 12.8. The summed E-state index contributed by atoms with van der Waals surface area (Å²) in [5, 5.41) is 3.56. The first-order chi connectivity index (χ1) is 10.6. The van der Waals surface area contributed by atoms with Crippen LogP contribution in [0.25, 0.3) is 0 Å². The Labute approximate surface area is 129 Å². The molecule has 0 saturated carbocycles. The van der Waals surface area contributed by atoms with E-state index >= 15 is 0 Å².